The number of nitrogens with one attached hydrogen (secondary N) is 1. The summed E-state index contributed by atoms with van der Waals surface area (Å²) in [6.45, 7) is 0.679. The zero-order valence-electron chi connectivity index (χ0n) is 10.9. The number of amidine groups is 1. The molecule has 0 bridgehead atoms. The Morgan fingerprint density at radius 3 is 2.61 bits per heavy atom. The van der Waals surface area contributed by atoms with Crippen LogP contribution >= 0.6 is 11.8 Å². The Kier molecular flexibility index (Phi) is 6.32. The van der Waals surface area contributed by atoms with E-state index >= 15 is 0 Å². The van der Waals surface area contributed by atoms with Crippen molar-refractivity contribution in [2.45, 2.75) is 38.5 Å². The first-order valence-electron chi connectivity index (χ1n) is 6.42. The Morgan fingerprint density at radius 1 is 1.39 bits per heavy atom. The van der Waals surface area contributed by atoms with Gasteiger partial charge in [0.15, 0.2) is 5.84 Å². The minimum Gasteiger partial charge on any atom is -0.409 e. The summed E-state index contributed by atoms with van der Waals surface area (Å²) in [5, 5.41) is 14.5. The molecule has 5 nitrogen and oxygen atoms in total. The second-order valence-electron chi connectivity index (χ2n) is 4.73. The van der Waals surface area contributed by atoms with Crippen molar-refractivity contribution < 1.29 is 10.0 Å². The van der Waals surface area contributed by atoms with Crippen LogP contribution in [0.3, 0.4) is 0 Å². The molecule has 0 aromatic heterocycles. The number of unbranched alkanes of at least 4 members (excludes halogenated alkanes) is 3. The Balaban J connectivity index is 2.11. The lowest BCUT2D eigenvalue weighted by molar-refractivity contribution is -0.124. The van der Waals surface area contributed by atoms with Crippen molar-refractivity contribution in [1.82, 2.24) is 5.32 Å². The van der Waals surface area contributed by atoms with Crippen LogP contribution in [0.2, 0.25) is 0 Å². The Hall–Kier alpha value is -0.910. The highest BCUT2D eigenvalue weighted by Crippen LogP contribution is 2.45. The maximum Gasteiger partial charge on any atom is 0.233 e. The lowest BCUT2D eigenvalue weighted by atomic mass is 10.1. The quantitative estimate of drug-likeness (QED) is 0.195. The van der Waals surface area contributed by atoms with Crippen LogP contribution < -0.4 is 11.1 Å². The van der Waals surface area contributed by atoms with Crippen molar-refractivity contribution in [1.29, 1.82) is 0 Å². The lowest BCUT2D eigenvalue weighted by Gasteiger charge is -2.13. The molecular weight excluding hydrogens is 250 g/mol. The predicted octanol–water partition coefficient (Wildman–Crippen LogP) is 1.55. The zero-order valence-corrected chi connectivity index (χ0v) is 11.8. The van der Waals surface area contributed by atoms with Crippen molar-refractivity contribution in [3.8, 4) is 0 Å². The highest BCUT2D eigenvalue weighted by molar-refractivity contribution is 7.98. The molecule has 1 amide bonds. The molecule has 6 heteroatoms. The second-order valence-corrected chi connectivity index (χ2v) is 5.72. The molecule has 4 N–H and O–H groups in total. The van der Waals surface area contributed by atoms with Crippen LogP contribution in [0.4, 0.5) is 0 Å². The van der Waals surface area contributed by atoms with Gasteiger partial charge in [0.2, 0.25) is 5.91 Å². The maximum absolute atomic E-state index is 11.9. The third-order valence-electron chi connectivity index (χ3n) is 3.34. The van der Waals surface area contributed by atoms with E-state index in [1.54, 1.807) is 0 Å². The van der Waals surface area contributed by atoms with Gasteiger partial charge in [-0.25, -0.2) is 0 Å². The van der Waals surface area contributed by atoms with Crippen LogP contribution in [0.1, 0.15) is 38.5 Å². The largest absolute Gasteiger partial charge is 0.409 e. The van der Waals surface area contributed by atoms with Gasteiger partial charge >= 0.3 is 0 Å². The van der Waals surface area contributed by atoms with Crippen molar-refractivity contribution in [3.63, 3.8) is 0 Å². The number of hydrogen-bond donors (Lipinski definition) is 3. The summed E-state index contributed by atoms with van der Waals surface area (Å²) in [6.07, 6.45) is 8.06. The molecule has 0 atom stereocenters. The van der Waals surface area contributed by atoms with E-state index in [4.69, 9.17) is 10.9 Å². The smallest absolute Gasteiger partial charge is 0.233 e. The molecule has 1 fully saturated rings. The van der Waals surface area contributed by atoms with Crippen LogP contribution in [-0.4, -0.2) is 35.5 Å². The highest BCUT2D eigenvalue weighted by atomic mass is 32.2. The average Bonchev–Trinajstić information content (AvgIpc) is 3.18. The first kappa shape index (κ1) is 15.1. The lowest BCUT2D eigenvalue weighted by Crippen LogP contribution is -2.41. The van der Waals surface area contributed by atoms with Gasteiger partial charge < -0.3 is 16.3 Å². The highest BCUT2D eigenvalue weighted by Gasteiger charge is 2.53. The van der Waals surface area contributed by atoms with Gasteiger partial charge in [-0.3, -0.25) is 4.79 Å². The van der Waals surface area contributed by atoms with Crippen molar-refractivity contribution in [2.75, 3.05) is 18.6 Å². The number of amides is 1. The van der Waals surface area contributed by atoms with E-state index in [1.807, 2.05) is 11.8 Å². The second kappa shape index (κ2) is 7.51. The number of carbonyl (C=O) groups excluding carboxylic acids is 1. The summed E-state index contributed by atoms with van der Waals surface area (Å²) in [7, 11) is 0. The zero-order chi connectivity index (χ0) is 13.4. The van der Waals surface area contributed by atoms with E-state index in [-0.39, 0.29) is 11.7 Å². The molecule has 0 aromatic carbocycles. The van der Waals surface area contributed by atoms with E-state index in [1.165, 1.54) is 18.6 Å². The molecule has 0 aliphatic heterocycles. The molecular formula is C12H23N3O2S. The normalized spacial score (nSPS) is 17.5. The maximum atomic E-state index is 11.9. The molecule has 0 spiro atoms. The van der Waals surface area contributed by atoms with Crippen molar-refractivity contribution in [2.24, 2.45) is 16.3 Å². The van der Waals surface area contributed by atoms with Crippen LogP contribution in [0.15, 0.2) is 5.16 Å². The molecule has 18 heavy (non-hydrogen) atoms. The summed E-state index contributed by atoms with van der Waals surface area (Å²) in [5.74, 6) is 1.15. The third-order valence-corrected chi connectivity index (χ3v) is 4.04. The summed E-state index contributed by atoms with van der Waals surface area (Å²) in [4.78, 5) is 11.9. The van der Waals surface area contributed by atoms with Gasteiger partial charge in [-0.2, -0.15) is 11.8 Å². The third kappa shape index (κ3) is 4.08. The average molecular weight is 273 g/mol. The molecule has 0 unspecified atom stereocenters. The molecule has 0 saturated heterocycles. The molecule has 1 aliphatic rings. The molecule has 0 heterocycles. The van der Waals surface area contributed by atoms with E-state index in [2.05, 4.69) is 16.7 Å². The first-order valence-corrected chi connectivity index (χ1v) is 7.82. The number of hydrogen-bond acceptors (Lipinski definition) is 4. The number of rotatable bonds is 9. The minimum atomic E-state index is -0.715. The van der Waals surface area contributed by atoms with E-state index in [0.29, 0.717) is 19.4 Å². The topological polar surface area (TPSA) is 87.7 Å². The number of nitrogens with zero attached hydrogens (tertiary/aromatic N) is 1. The SMILES string of the molecule is CSCCCCCCNC(=O)C1(C(N)=NO)CC1. The van der Waals surface area contributed by atoms with E-state index < -0.39 is 5.41 Å². The van der Waals surface area contributed by atoms with Gasteiger partial charge in [-0.15, -0.1) is 0 Å². The summed E-state index contributed by atoms with van der Waals surface area (Å²) in [5.41, 5.74) is 4.82. The Morgan fingerprint density at radius 2 is 2.06 bits per heavy atom. The predicted molar refractivity (Wildman–Crippen MR) is 74.9 cm³/mol. The monoisotopic (exact) mass is 273 g/mol. The fraction of sp³-hybridized carbons (Fsp3) is 0.833. The molecule has 1 aliphatic carbocycles. The van der Waals surface area contributed by atoms with E-state index in [0.717, 1.165) is 12.8 Å². The first-order chi connectivity index (χ1) is 8.67. The van der Waals surface area contributed by atoms with Crippen LogP contribution in [0.25, 0.3) is 0 Å². The fourth-order valence-electron chi connectivity index (χ4n) is 1.92. The van der Waals surface area contributed by atoms with Crippen LogP contribution in [-0.2, 0) is 4.79 Å². The van der Waals surface area contributed by atoms with Gasteiger partial charge in [-0.05, 0) is 37.7 Å². The summed E-state index contributed by atoms with van der Waals surface area (Å²) < 4.78 is 0. The number of carbonyl (C=O) groups is 1. The number of thioether (sulfide) groups is 1. The van der Waals surface area contributed by atoms with Gasteiger partial charge in [0.1, 0.15) is 5.41 Å². The van der Waals surface area contributed by atoms with Gasteiger partial charge in [0.25, 0.3) is 0 Å². The molecule has 0 aromatic rings. The van der Waals surface area contributed by atoms with Crippen molar-refractivity contribution in [3.05, 3.63) is 0 Å². The molecule has 0 radical (unpaired) electrons. The number of oxime groups is 1. The standard InChI is InChI=1S/C12H23N3O2S/c1-18-9-5-3-2-4-8-14-11(16)12(6-7-12)10(13)15-17/h17H,2-9H2,1H3,(H2,13,15)(H,14,16). The van der Waals surface area contributed by atoms with Gasteiger partial charge in [0.05, 0.1) is 0 Å². The minimum absolute atomic E-state index is 0.0416. The van der Waals surface area contributed by atoms with Crippen LogP contribution in [0.5, 0.6) is 0 Å². The van der Waals surface area contributed by atoms with Gasteiger partial charge in [0, 0.05) is 6.54 Å². The molecule has 1 saturated carbocycles. The van der Waals surface area contributed by atoms with E-state index in [9.17, 15) is 4.79 Å². The summed E-state index contributed by atoms with van der Waals surface area (Å²) >= 11 is 1.87. The molecule has 1 rings (SSSR count). The Labute approximate surface area is 113 Å². The van der Waals surface area contributed by atoms with Gasteiger partial charge in [-0.1, -0.05) is 18.0 Å². The number of nitrogens with two attached hydrogens (primary N) is 1. The summed E-state index contributed by atoms with van der Waals surface area (Å²) in [6, 6.07) is 0. The Bertz CT molecular complexity index is 304. The fourth-order valence-corrected chi connectivity index (χ4v) is 2.41. The van der Waals surface area contributed by atoms with Crippen molar-refractivity contribution >= 4 is 23.5 Å². The van der Waals surface area contributed by atoms with Crippen LogP contribution in [0, 0.1) is 5.41 Å². The molecule has 104 valence electrons.